The van der Waals surface area contributed by atoms with Gasteiger partial charge in [-0.3, -0.25) is 4.79 Å². The topological polar surface area (TPSA) is 94.0 Å². The first-order chi connectivity index (χ1) is 12.6. The smallest absolute Gasteiger partial charge is 0.246 e. The van der Waals surface area contributed by atoms with Gasteiger partial charge >= 0.3 is 0 Å². The summed E-state index contributed by atoms with van der Waals surface area (Å²) in [4.78, 5) is 13.9. The lowest BCUT2D eigenvalue weighted by Crippen LogP contribution is -2.48. The van der Waals surface area contributed by atoms with Crippen molar-refractivity contribution in [1.82, 2.24) is 30.8 Å². The second-order valence-electron chi connectivity index (χ2n) is 6.88. The van der Waals surface area contributed by atoms with Crippen molar-refractivity contribution in [2.75, 3.05) is 33.4 Å². The zero-order valence-corrected chi connectivity index (χ0v) is 16.5. The molecule has 0 spiro atoms. The summed E-state index contributed by atoms with van der Waals surface area (Å²) in [5, 5.41) is 18.8. The number of rotatable bonds is 7. The number of hydrogen-bond acceptors (Lipinski definition) is 6. The van der Waals surface area contributed by atoms with Crippen LogP contribution < -0.4 is 10.6 Å². The Morgan fingerprint density at radius 1 is 1.33 bits per heavy atom. The van der Waals surface area contributed by atoms with Gasteiger partial charge in [0.15, 0.2) is 0 Å². The van der Waals surface area contributed by atoms with Gasteiger partial charge < -0.3 is 15.4 Å². The summed E-state index contributed by atoms with van der Waals surface area (Å²) in [6, 6.07) is 9.07. The van der Waals surface area contributed by atoms with Crippen molar-refractivity contribution in [2.45, 2.75) is 25.8 Å². The van der Waals surface area contributed by atoms with Gasteiger partial charge in [0.1, 0.15) is 6.04 Å². The van der Waals surface area contributed by atoms with Gasteiger partial charge in [-0.15, -0.1) is 22.6 Å². The highest BCUT2D eigenvalue weighted by atomic mass is 35.5. The lowest BCUT2D eigenvalue weighted by molar-refractivity contribution is -0.125. The minimum Gasteiger partial charge on any atom is -0.384 e. The number of tetrazole rings is 1. The van der Waals surface area contributed by atoms with E-state index in [4.69, 9.17) is 4.74 Å². The molecule has 1 aliphatic rings. The van der Waals surface area contributed by atoms with E-state index in [9.17, 15) is 4.79 Å². The van der Waals surface area contributed by atoms with Crippen molar-refractivity contribution in [3.63, 3.8) is 0 Å². The van der Waals surface area contributed by atoms with Gasteiger partial charge in [0, 0.05) is 24.6 Å². The minimum atomic E-state index is -0.527. The number of ether oxygens (including phenoxy) is 1. The predicted octanol–water partition coefficient (Wildman–Crippen LogP) is 1.46. The summed E-state index contributed by atoms with van der Waals surface area (Å²) in [5.74, 6) is 0.399. The molecule has 148 valence electrons. The minimum absolute atomic E-state index is 0. The third-order valence-electron chi connectivity index (χ3n) is 4.94. The fourth-order valence-corrected chi connectivity index (χ4v) is 3.25. The second kappa shape index (κ2) is 9.77. The van der Waals surface area contributed by atoms with Gasteiger partial charge in [-0.2, -0.15) is 4.80 Å². The molecule has 8 nitrogen and oxygen atoms in total. The Labute approximate surface area is 165 Å². The summed E-state index contributed by atoms with van der Waals surface area (Å²) in [6.45, 7) is 4.89. The van der Waals surface area contributed by atoms with E-state index in [1.165, 1.54) is 4.80 Å². The van der Waals surface area contributed by atoms with E-state index in [-0.39, 0.29) is 23.7 Å². The van der Waals surface area contributed by atoms with Gasteiger partial charge in [0.2, 0.25) is 11.7 Å². The number of hydrogen-bond donors (Lipinski definition) is 2. The Morgan fingerprint density at radius 2 is 2.04 bits per heavy atom. The van der Waals surface area contributed by atoms with Crippen molar-refractivity contribution in [1.29, 1.82) is 0 Å². The molecule has 2 heterocycles. The monoisotopic (exact) mass is 394 g/mol. The van der Waals surface area contributed by atoms with Crippen LogP contribution in [0.3, 0.4) is 0 Å². The summed E-state index contributed by atoms with van der Waals surface area (Å²) in [7, 11) is 1.71. The van der Waals surface area contributed by atoms with E-state index in [0.717, 1.165) is 31.5 Å². The van der Waals surface area contributed by atoms with Crippen molar-refractivity contribution in [2.24, 2.45) is 5.41 Å². The summed E-state index contributed by atoms with van der Waals surface area (Å²) in [6.07, 6.45) is 1.96. The molecular weight excluding hydrogens is 368 g/mol. The molecular formula is C18H27ClN6O2. The standard InChI is InChI=1S/C18H26N6O2.ClH/c1-14(24-22-16(21-23-24)15-6-4-3-5-7-15)17(25)20-12-18(13-26-2)8-10-19-11-9-18;/h3-7,14,19H,8-13H2,1-2H3,(H,20,25);1H. The Hall–Kier alpha value is -2.03. The molecule has 2 N–H and O–H groups in total. The summed E-state index contributed by atoms with van der Waals surface area (Å²) >= 11 is 0. The van der Waals surface area contributed by atoms with Crippen LogP contribution in [-0.2, 0) is 9.53 Å². The molecule has 9 heteroatoms. The van der Waals surface area contributed by atoms with Crippen LogP contribution in [0.5, 0.6) is 0 Å². The molecule has 1 aliphatic heterocycles. The second-order valence-corrected chi connectivity index (χ2v) is 6.88. The van der Waals surface area contributed by atoms with Gasteiger partial charge in [-0.05, 0) is 38.1 Å². The normalized spacial score (nSPS) is 17.0. The number of amides is 1. The molecule has 1 saturated heterocycles. The molecule has 1 aromatic carbocycles. The molecule has 0 bridgehead atoms. The van der Waals surface area contributed by atoms with Crippen LogP contribution in [0.2, 0.25) is 0 Å². The number of nitrogens with one attached hydrogen (secondary N) is 2. The molecule has 1 aromatic heterocycles. The van der Waals surface area contributed by atoms with Crippen LogP contribution in [0.25, 0.3) is 11.4 Å². The first kappa shape index (κ1) is 21.3. The van der Waals surface area contributed by atoms with Crippen LogP contribution in [0.4, 0.5) is 0 Å². The molecule has 27 heavy (non-hydrogen) atoms. The van der Waals surface area contributed by atoms with E-state index in [0.29, 0.717) is 19.0 Å². The summed E-state index contributed by atoms with van der Waals surface area (Å²) < 4.78 is 5.40. The third-order valence-corrected chi connectivity index (χ3v) is 4.94. The van der Waals surface area contributed by atoms with Gasteiger partial charge in [0.25, 0.3) is 0 Å². The first-order valence-electron chi connectivity index (χ1n) is 8.96. The van der Waals surface area contributed by atoms with Crippen LogP contribution in [0.1, 0.15) is 25.8 Å². The van der Waals surface area contributed by atoms with Gasteiger partial charge in [-0.25, -0.2) is 0 Å². The SMILES string of the molecule is COCC1(CNC(=O)C(C)n2nnc(-c3ccccc3)n2)CCNCC1.Cl. The Morgan fingerprint density at radius 3 is 2.70 bits per heavy atom. The van der Waals surface area contributed by atoms with Crippen LogP contribution >= 0.6 is 12.4 Å². The predicted molar refractivity (Wildman–Crippen MR) is 105 cm³/mol. The highest BCUT2D eigenvalue weighted by Crippen LogP contribution is 2.28. The zero-order valence-electron chi connectivity index (χ0n) is 15.7. The lowest BCUT2D eigenvalue weighted by atomic mass is 9.79. The van der Waals surface area contributed by atoms with Gasteiger partial charge in [0.05, 0.1) is 6.61 Å². The van der Waals surface area contributed by atoms with Crippen molar-refractivity contribution < 1.29 is 9.53 Å². The molecule has 3 rings (SSSR count). The maximum atomic E-state index is 12.6. The number of halogens is 1. The average molecular weight is 395 g/mol. The van der Waals surface area contributed by atoms with E-state index in [1.807, 2.05) is 30.3 Å². The van der Waals surface area contributed by atoms with E-state index < -0.39 is 6.04 Å². The third kappa shape index (κ3) is 5.24. The first-order valence-corrected chi connectivity index (χ1v) is 8.96. The molecule has 2 aromatic rings. The molecule has 1 atom stereocenters. The molecule has 1 unspecified atom stereocenters. The Balaban J connectivity index is 0.00000261. The number of benzene rings is 1. The number of piperidine rings is 1. The van der Waals surface area contributed by atoms with Crippen LogP contribution in [0.15, 0.2) is 30.3 Å². The zero-order chi connectivity index (χ0) is 18.4. The fourth-order valence-electron chi connectivity index (χ4n) is 3.25. The summed E-state index contributed by atoms with van der Waals surface area (Å²) in [5.41, 5.74) is 0.862. The Kier molecular flexibility index (Phi) is 7.70. The lowest BCUT2D eigenvalue weighted by Gasteiger charge is -2.37. The van der Waals surface area contributed by atoms with E-state index >= 15 is 0 Å². The highest BCUT2D eigenvalue weighted by Gasteiger charge is 2.33. The maximum Gasteiger partial charge on any atom is 0.246 e. The Bertz CT molecular complexity index is 712. The van der Waals surface area contributed by atoms with Crippen LogP contribution in [0, 0.1) is 5.41 Å². The van der Waals surface area contributed by atoms with Crippen molar-refractivity contribution >= 4 is 18.3 Å². The fraction of sp³-hybridized carbons (Fsp3) is 0.556. The number of nitrogens with zero attached hydrogens (tertiary/aromatic N) is 4. The largest absolute Gasteiger partial charge is 0.384 e. The number of methoxy groups -OCH3 is 1. The quantitative estimate of drug-likeness (QED) is 0.738. The maximum absolute atomic E-state index is 12.6. The molecule has 0 saturated carbocycles. The van der Waals surface area contributed by atoms with Gasteiger partial charge in [-0.1, -0.05) is 30.3 Å². The molecule has 0 radical (unpaired) electrons. The van der Waals surface area contributed by atoms with Crippen molar-refractivity contribution in [3.05, 3.63) is 30.3 Å². The number of aromatic nitrogens is 4. The number of carbonyl (C=O) groups is 1. The highest BCUT2D eigenvalue weighted by molar-refractivity contribution is 5.85. The molecule has 1 fully saturated rings. The van der Waals surface area contributed by atoms with Crippen LogP contribution in [-0.4, -0.2) is 59.5 Å². The average Bonchev–Trinajstić information content (AvgIpc) is 3.17. The number of carbonyl (C=O) groups excluding carboxylic acids is 1. The molecule has 0 aliphatic carbocycles. The molecule has 1 amide bonds. The van der Waals surface area contributed by atoms with E-state index in [2.05, 4.69) is 26.0 Å². The van der Waals surface area contributed by atoms with E-state index in [1.54, 1.807) is 14.0 Å². The van der Waals surface area contributed by atoms with Crippen molar-refractivity contribution in [3.8, 4) is 11.4 Å².